The number of anilines is 1. The fourth-order valence-corrected chi connectivity index (χ4v) is 5.47. The maximum Gasteiger partial charge on any atom is 0.243 e. The largest absolute Gasteiger partial charge is 0.494 e. The number of aryl methyl sites for hydroxylation is 1. The number of halogens is 1. The van der Waals surface area contributed by atoms with Crippen molar-refractivity contribution in [1.82, 2.24) is 29.7 Å². The lowest BCUT2D eigenvalue weighted by atomic mass is 10.1. The van der Waals surface area contributed by atoms with Crippen molar-refractivity contribution in [2.75, 3.05) is 18.9 Å². The Hall–Kier alpha value is -3.65. The summed E-state index contributed by atoms with van der Waals surface area (Å²) in [4.78, 5) is 12.3. The fraction of sp³-hybridized carbons (Fsp3) is 0.318. The minimum absolute atomic E-state index is 0.0836. The van der Waals surface area contributed by atoms with Crippen molar-refractivity contribution in [1.29, 1.82) is 0 Å². The van der Waals surface area contributed by atoms with Gasteiger partial charge in [0, 0.05) is 17.0 Å². The molecule has 14 heteroatoms. The van der Waals surface area contributed by atoms with Gasteiger partial charge in [-0.3, -0.25) is 9.29 Å². The molecule has 1 N–H and O–H groups in total. The molecule has 2 unspecified atom stereocenters. The second kappa shape index (κ2) is 10.1. The van der Waals surface area contributed by atoms with E-state index in [2.05, 4.69) is 29.9 Å². The molecule has 0 spiro atoms. The third-order valence-corrected chi connectivity index (χ3v) is 8.38. The Morgan fingerprint density at radius 3 is 2.28 bits per heavy atom. The van der Waals surface area contributed by atoms with E-state index in [0.29, 0.717) is 28.0 Å². The third kappa shape index (κ3) is 4.86. The molecule has 0 aliphatic rings. The summed E-state index contributed by atoms with van der Waals surface area (Å²) in [5.41, 5.74) is 1.18. The topological polar surface area (TPSA) is 134 Å². The summed E-state index contributed by atoms with van der Waals surface area (Å²) < 4.78 is 55.2. The molecule has 1 aromatic carbocycles. The molecule has 36 heavy (non-hydrogen) atoms. The van der Waals surface area contributed by atoms with Crippen LogP contribution in [0.25, 0.3) is 16.5 Å². The van der Waals surface area contributed by atoms with E-state index in [1.807, 2.05) is 12.3 Å². The molecule has 11 nitrogen and oxygen atoms in total. The smallest absolute Gasteiger partial charge is 0.243 e. The van der Waals surface area contributed by atoms with Crippen LogP contribution in [0, 0.1) is 12.7 Å². The Labute approximate surface area is 211 Å². The lowest BCUT2D eigenvalue weighted by Crippen LogP contribution is -2.31. The van der Waals surface area contributed by atoms with E-state index < -0.39 is 27.0 Å². The lowest BCUT2D eigenvalue weighted by Gasteiger charge is -2.21. The standard InChI is InChI=1S/C22H24FN7O4S2/c1-12-11-35-21(26-12)20-27-28-22(30(20)18-16(33-4)7-6-8-17(18)34-5)29-36(31,32)14(3)13(2)19-24-9-15(23)10-25-19/h6-11,13-14H,1-5H3,(H,28,29). The van der Waals surface area contributed by atoms with Crippen molar-refractivity contribution in [2.45, 2.75) is 31.9 Å². The van der Waals surface area contributed by atoms with Gasteiger partial charge in [0.2, 0.25) is 16.0 Å². The SMILES string of the molecule is COc1cccc(OC)c1-n1c(NS(=O)(=O)C(C)C(C)c2ncc(F)cn2)nnc1-c1nc(C)cs1. The number of benzene rings is 1. The Morgan fingerprint density at radius 2 is 1.72 bits per heavy atom. The first-order chi connectivity index (χ1) is 17.2. The van der Waals surface area contributed by atoms with Gasteiger partial charge in [-0.25, -0.2) is 27.8 Å². The predicted octanol–water partition coefficient (Wildman–Crippen LogP) is 3.58. The molecule has 190 valence electrons. The molecule has 3 heterocycles. The zero-order valence-corrected chi connectivity index (χ0v) is 21.8. The number of aromatic nitrogens is 6. The number of para-hydroxylation sites is 1. The van der Waals surface area contributed by atoms with E-state index in [0.717, 1.165) is 18.1 Å². The van der Waals surface area contributed by atoms with Gasteiger partial charge in [-0.05, 0) is 26.0 Å². The van der Waals surface area contributed by atoms with Crippen LogP contribution >= 0.6 is 11.3 Å². The number of thiazole rings is 1. The molecule has 4 rings (SSSR count). The molecule has 3 aromatic heterocycles. The highest BCUT2D eigenvalue weighted by molar-refractivity contribution is 7.93. The highest BCUT2D eigenvalue weighted by Gasteiger charge is 2.32. The van der Waals surface area contributed by atoms with Gasteiger partial charge in [0.1, 0.15) is 23.0 Å². The Balaban J connectivity index is 1.81. The summed E-state index contributed by atoms with van der Waals surface area (Å²) in [6, 6.07) is 5.17. The van der Waals surface area contributed by atoms with E-state index in [4.69, 9.17) is 9.47 Å². The number of nitrogens with one attached hydrogen (secondary N) is 1. The van der Waals surface area contributed by atoms with Crippen molar-refractivity contribution in [3.8, 4) is 28.0 Å². The predicted molar refractivity (Wildman–Crippen MR) is 133 cm³/mol. The zero-order chi connectivity index (χ0) is 26.0. The summed E-state index contributed by atoms with van der Waals surface area (Å²) in [6.07, 6.45) is 2.00. The average molecular weight is 534 g/mol. The summed E-state index contributed by atoms with van der Waals surface area (Å²) in [5, 5.41) is 9.75. The molecular formula is C22H24FN7O4S2. The molecular weight excluding hydrogens is 509 g/mol. The van der Waals surface area contributed by atoms with Crippen LogP contribution < -0.4 is 14.2 Å². The first-order valence-corrected chi connectivity index (χ1v) is 13.2. The van der Waals surface area contributed by atoms with Crippen LogP contribution in [0.1, 0.15) is 31.3 Å². The summed E-state index contributed by atoms with van der Waals surface area (Å²) in [6.45, 7) is 5.00. The van der Waals surface area contributed by atoms with E-state index in [1.54, 1.807) is 25.1 Å². The Morgan fingerprint density at radius 1 is 1.08 bits per heavy atom. The number of rotatable bonds is 9. The summed E-state index contributed by atoms with van der Waals surface area (Å²) in [7, 11) is -1.07. The molecule has 0 saturated carbocycles. The van der Waals surface area contributed by atoms with E-state index in [9.17, 15) is 12.8 Å². The van der Waals surface area contributed by atoms with Gasteiger partial charge in [0.25, 0.3) is 0 Å². The second-order valence-electron chi connectivity index (χ2n) is 7.89. The monoisotopic (exact) mass is 533 g/mol. The molecule has 0 aliphatic carbocycles. The van der Waals surface area contributed by atoms with Gasteiger partial charge in [-0.1, -0.05) is 13.0 Å². The van der Waals surface area contributed by atoms with Crippen molar-refractivity contribution in [3.63, 3.8) is 0 Å². The van der Waals surface area contributed by atoms with Gasteiger partial charge in [-0.15, -0.1) is 21.5 Å². The van der Waals surface area contributed by atoms with Crippen molar-refractivity contribution in [3.05, 3.63) is 53.3 Å². The Bertz CT molecular complexity index is 1450. The highest BCUT2D eigenvalue weighted by Crippen LogP contribution is 2.38. The van der Waals surface area contributed by atoms with Crippen LogP contribution in [0.15, 0.2) is 36.0 Å². The third-order valence-electron chi connectivity index (χ3n) is 5.57. The maximum atomic E-state index is 13.4. The van der Waals surface area contributed by atoms with E-state index in [1.165, 1.54) is 37.0 Å². The summed E-state index contributed by atoms with van der Waals surface area (Å²) in [5.74, 6) is -0.0303. The van der Waals surface area contributed by atoms with Crippen molar-refractivity contribution >= 4 is 27.3 Å². The number of ether oxygens (including phenoxy) is 2. The van der Waals surface area contributed by atoms with Crippen molar-refractivity contribution < 1.29 is 22.3 Å². The summed E-state index contributed by atoms with van der Waals surface area (Å²) >= 11 is 1.34. The number of hydrogen-bond donors (Lipinski definition) is 1. The maximum absolute atomic E-state index is 13.4. The molecule has 4 aromatic rings. The Kier molecular flexibility index (Phi) is 7.17. The second-order valence-corrected chi connectivity index (χ2v) is 10.8. The minimum Gasteiger partial charge on any atom is -0.494 e. The highest BCUT2D eigenvalue weighted by atomic mass is 32.2. The van der Waals surface area contributed by atoms with E-state index in [-0.39, 0.29) is 11.8 Å². The first-order valence-electron chi connectivity index (χ1n) is 10.7. The normalized spacial score (nSPS) is 13.3. The van der Waals surface area contributed by atoms with Crippen LogP contribution in [0.5, 0.6) is 11.5 Å². The van der Waals surface area contributed by atoms with Gasteiger partial charge >= 0.3 is 0 Å². The van der Waals surface area contributed by atoms with Crippen molar-refractivity contribution in [2.24, 2.45) is 0 Å². The quantitative estimate of drug-likeness (QED) is 0.343. The number of sulfonamides is 1. The van der Waals surface area contributed by atoms with Crippen LogP contribution in [0.4, 0.5) is 10.3 Å². The molecule has 0 amide bonds. The van der Waals surface area contributed by atoms with Crippen LogP contribution in [-0.2, 0) is 10.0 Å². The van der Waals surface area contributed by atoms with Gasteiger partial charge < -0.3 is 9.47 Å². The molecule has 0 fully saturated rings. The van der Waals surface area contributed by atoms with Gasteiger partial charge in [0.15, 0.2) is 16.6 Å². The van der Waals surface area contributed by atoms with E-state index >= 15 is 0 Å². The zero-order valence-electron chi connectivity index (χ0n) is 20.1. The number of nitrogens with zero attached hydrogens (tertiary/aromatic N) is 6. The fourth-order valence-electron chi connectivity index (χ4n) is 3.47. The molecule has 0 aliphatic heterocycles. The molecule has 0 bridgehead atoms. The van der Waals surface area contributed by atoms with Crippen LogP contribution in [0.3, 0.4) is 0 Å². The lowest BCUT2D eigenvalue weighted by molar-refractivity contribution is 0.391. The molecule has 2 atom stereocenters. The van der Waals surface area contributed by atoms with Gasteiger partial charge in [-0.2, -0.15) is 0 Å². The van der Waals surface area contributed by atoms with Gasteiger partial charge in [0.05, 0.1) is 31.9 Å². The minimum atomic E-state index is -4.05. The first kappa shape index (κ1) is 25.4. The molecule has 0 radical (unpaired) electrons. The van der Waals surface area contributed by atoms with Crippen LogP contribution in [0.2, 0.25) is 0 Å². The number of methoxy groups -OCH3 is 2. The number of hydrogen-bond acceptors (Lipinski definition) is 10. The molecule has 0 saturated heterocycles. The van der Waals surface area contributed by atoms with Crippen LogP contribution in [-0.4, -0.2) is 57.6 Å². The average Bonchev–Trinajstić information content (AvgIpc) is 3.48.